The van der Waals surface area contributed by atoms with E-state index in [1.165, 1.54) is 0 Å². The lowest BCUT2D eigenvalue weighted by Gasteiger charge is -2.27. The zero-order valence-corrected chi connectivity index (χ0v) is 20.7. The molecule has 0 radical (unpaired) electrons. The van der Waals surface area contributed by atoms with Crippen LogP contribution in [0.4, 0.5) is 5.69 Å². The Morgan fingerprint density at radius 2 is 1.51 bits per heavy atom. The van der Waals surface area contributed by atoms with Crippen LogP contribution in [0.1, 0.15) is 37.9 Å². The number of ketones is 2. The molecule has 2 saturated heterocycles. The zero-order valence-electron chi connectivity index (χ0n) is 18.3. The lowest BCUT2D eigenvalue weighted by atomic mass is 9.77. The highest BCUT2D eigenvalue weighted by molar-refractivity contribution is 9.10. The van der Waals surface area contributed by atoms with Crippen molar-refractivity contribution in [2.75, 3.05) is 4.90 Å². The molecule has 3 aromatic rings. The van der Waals surface area contributed by atoms with Gasteiger partial charge in [-0.15, -0.1) is 0 Å². The predicted molar refractivity (Wildman–Crippen MR) is 131 cm³/mol. The fourth-order valence-electron chi connectivity index (χ4n) is 5.45. The summed E-state index contributed by atoms with van der Waals surface area (Å²) < 4.78 is 7.08. The Morgan fingerprint density at radius 3 is 2.11 bits per heavy atom. The van der Waals surface area contributed by atoms with Crippen LogP contribution in [0.2, 0.25) is 5.02 Å². The normalized spacial score (nSPS) is 24.4. The number of ether oxygens (including phenoxy) is 1. The van der Waals surface area contributed by atoms with Crippen molar-refractivity contribution in [2.45, 2.75) is 18.6 Å². The van der Waals surface area contributed by atoms with Gasteiger partial charge in [-0.25, -0.2) is 4.90 Å². The van der Waals surface area contributed by atoms with Gasteiger partial charge in [-0.3, -0.25) is 19.2 Å². The van der Waals surface area contributed by atoms with Crippen LogP contribution in [0.25, 0.3) is 0 Å². The Hall–Kier alpha value is -3.13. The lowest BCUT2D eigenvalue weighted by Crippen LogP contribution is -2.51. The minimum absolute atomic E-state index is 0.199. The molecular weight excluding hydrogens is 534 g/mol. The number of anilines is 1. The third-order valence-electron chi connectivity index (χ3n) is 7.13. The van der Waals surface area contributed by atoms with Gasteiger partial charge in [0.2, 0.25) is 29.0 Å². The summed E-state index contributed by atoms with van der Waals surface area (Å²) in [7, 11) is 0. The van der Waals surface area contributed by atoms with Crippen molar-refractivity contribution in [3.05, 3.63) is 98.5 Å². The average molecular weight is 551 g/mol. The Balaban J connectivity index is 1.54. The van der Waals surface area contributed by atoms with E-state index in [2.05, 4.69) is 15.9 Å². The monoisotopic (exact) mass is 549 g/mol. The van der Waals surface area contributed by atoms with E-state index in [1.54, 1.807) is 66.7 Å². The second kappa shape index (κ2) is 7.68. The predicted octanol–water partition coefficient (Wildman–Crippen LogP) is 5.11. The van der Waals surface area contributed by atoms with E-state index >= 15 is 0 Å². The van der Waals surface area contributed by atoms with Gasteiger partial charge in [0.15, 0.2) is 0 Å². The summed E-state index contributed by atoms with van der Waals surface area (Å²) in [5.74, 6) is -4.69. The maximum atomic E-state index is 13.9. The molecule has 2 fully saturated rings. The molecule has 0 bridgehead atoms. The summed E-state index contributed by atoms with van der Waals surface area (Å²) in [6.07, 6.45) is -0.960. The van der Waals surface area contributed by atoms with Gasteiger partial charge in [-0.1, -0.05) is 70.0 Å². The van der Waals surface area contributed by atoms with Crippen LogP contribution < -0.4 is 4.90 Å². The summed E-state index contributed by atoms with van der Waals surface area (Å²) >= 11 is 9.68. The molecule has 6 rings (SSSR count). The van der Waals surface area contributed by atoms with E-state index in [4.69, 9.17) is 16.3 Å². The van der Waals surface area contributed by atoms with Gasteiger partial charge in [0, 0.05) is 20.6 Å². The number of nitrogens with zero attached hydrogens (tertiary/aromatic N) is 1. The summed E-state index contributed by atoms with van der Waals surface area (Å²) in [6.45, 7) is 1.81. The summed E-state index contributed by atoms with van der Waals surface area (Å²) in [5.41, 5.74) is -0.0117. The first-order chi connectivity index (χ1) is 16.8. The van der Waals surface area contributed by atoms with Gasteiger partial charge < -0.3 is 4.74 Å². The van der Waals surface area contributed by atoms with Crippen molar-refractivity contribution in [2.24, 2.45) is 11.8 Å². The maximum Gasteiger partial charge on any atom is 0.241 e. The zero-order chi connectivity index (χ0) is 24.6. The molecule has 3 aliphatic rings. The van der Waals surface area contributed by atoms with Crippen LogP contribution >= 0.6 is 27.5 Å². The molecule has 3 atom stereocenters. The minimum atomic E-state index is -2.10. The number of amides is 2. The van der Waals surface area contributed by atoms with E-state index in [1.807, 2.05) is 6.92 Å². The molecule has 2 heterocycles. The van der Waals surface area contributed by atoms with Crippen molar-refractivity contribution < 1.29 is 23.9 Å². The average Bonchev–Trinajstić information content (AvgIpc) is 3.41. The molecule has 1 spiro atoms. The number of hydrogen-bond acceptors (Lipinski definition) is 5. The molecule has 174 valence electrons. The number of hydrogen-bond donors (Lipinski definition) is 0. The van der Waals surface area contributed by atoms with E-state index in [0.29, 0.717) is 16.3 Å². The van der Waals surface area contributed by atoms with Crippen molar-refractivity contribution in [3.8, 4) is 0 Å². The number of carbonyl (C=O) groups is 4. The summed E-state index contributed by atoms with van der Waals surface area (Å²) in [4.78, 5) is 56.2. The minimum Gasteiger partial charge on any atom is -0.349 e. The quantitative estimate of drug-likeness (QED) is 0.327. The number of fused-ring (bicyclic) bond motifs is 3. The lowest BCUT2D eigenvalue weighted by molar-refractivity contribution is -0.127. The molecule has 0 unspecified atom stereocenters. The number of aryl methyl sites for hydroxylation is 1. The Labute approximate surface area is 214 Å². The summed E-state index contributed by atoms with van der Waals surface area (Å²) in [5, 5.41) is 0.399. The molecule has 2 aliphatic heterocycles. The van der Waals surface area contributed by atoms with Crippen LogP contribution in [0.5, 0.6) is 0 Å². The first kappa shape index (κ1) is 22.3. The second-order valence-electron chi connectivity index (χ2n) is 8.98. The Morgan fingerprint density at radius 1 is 0.886 bits per heavy atom. The van der Waals surface area contributed by atoms with Crippen molar-refractivity contribution in [3.63, 3.8) is 0 Å². The smallest absolute Gasteiger partial charge is 0.241 e. The SMILES string of the molecule is Cc1ccc(N2C(=O)[C@@H]3[C@@H](c4ccc(Br)cc4)OC4(C(=O)c5ccccc5C4=O)[C@H]3C2=O)cc1Cl. The highest BCUT2D eigenvalue weighted by Gasteiger charge is 2.74. The first-order valence-corrected chi connectivity index (χ1v) is 12.2. The van der Waals surface area contributed by atoms with E-state index in [9.17, 15) is 19.2 Å². The first-order valence-electron chi connectivity index (χ1n) is 11.0. The maximum absolute atomic E-state index is 13.9. The number of Topliss-reactive ketones (excluding diaryl/α,β-unsaturated/α-hetero) is 2. The van der Waals surface area contributed by atoms with Gasteiger partial charge in [0.25, 0.3) is 0 Å². The van der Waals surface area contributed by atoms with E-state index in [-0.39, 0.29) is 11.1 Å². The number of halogens is 2. The molecule has 2 amide bonds. The number of carbonyl (C=O) groups excluding carboxylic acids is 4. The molecule has 35 heavy (non-hydrogen) atoms. The van der Waals surface area contributed by atoms with Gasteiger partial charge in [0.1, 0.15) is 0 Å². The van der Waals surface area contributed by atoms with E-state index < -0.39 is 46.9 Å². The van der Waals surface area contributed by atoms with Crippen LogP contribution in [0, 0.1) is 18.8 Å². The number of imide groups is 1. The van der Waals surface area contributed by atoms with Crippen LogP contribution in [0.3, 0.4) is 0 Å². The molecule has 1 aliphatic carbocycles. The van der Waals surface area contributed by atoms with Gasteiger partial charge in [-0.05, 0) is 42.3 Å². The van der Waals surface area contributed by atoms with Crippen LogP contribution in [-0.2, 0) is 14.3 Å². The third-order valence-corrected chi connectivity index (χ3v) is 8.07. The fourth-order valence-corrected chi connectivity index (χ4v) is 5.89. The molecular formula is C27H17BrClNO5. The van der Waals surface area contributed by atoms with Crippen molar-refractivity contribution >= 4 is 56.6 Å². The number of rotatable bonds is 2. The second-order valence-corrected chi connectivity index (χ2v) is 10.3. The summed E-state index contributed by atoms with van der Waals surface area (Å²) in [6, 6.07) is 18.4. The largest absolute Gasteiger partial charge is 0.349 e. The highest BCUT2D eigenvalue weighted by atomic mass is 79.9. The van der Waals surface area contributed by atoms with Crippen LogP contribution in [-0.4, -0.2) is 29.0 Å². The van der Waals surface area contributed by atoms with Crippen molar-refractivity contribution in [1.82, 2.24) is 0 Å². The standard InChI is InChI=1S/C27H17BrClNO5/c1-13-6-11-16(12-19(13)29)30-25(33)20-21(26(30)34)27(35-22(20)14-7-9-15(28)10-8-14)23(31)17-4-2-3-5-18(17)24(27)32/h2-12,20-22H,1H3/t20-,21+,22+/m0/s1. The van der Waals surface area contributed by atoms with E-state index in [0.717, 1.165) is 14.9 Å². The van der Waals surface area contributed by atoms with Crippen molar-refractivity contribution in [1.29, 1.82) is 0 Å². The van der Waals surface area contributed by atoms with Gasteiger partial charge >= 0.3 is 0 Å². The van der Waals surface area contributed by atoms with Gasteiger partial charge in [-0.2, -0.15) is 0 Å². The fraction of sp³-hybridized carbons (Fsp3) is 0.185. The Bertz CT molecular complexity index is 1430. The number of benzene rings is 3. The molecule has 0 saturated carbocycles. The van der Waals surface area contributed by atoms with Gasteiger partial charge in [0.05, 0.1) is 23.6 Å². The molecule has 3 aromatic carbocycles. The topological polar surface area (TPSA) is 80.8 Å². The Kier molecular flexibility index (Phi) is 4.90. The van der Waals surface area contributed by atoms with Crippen LogP contribution in [0.15, 0.2) is 71.2 Å². The molecule has 0 aromatic heterocycles. The third kappa shape index (κ3) is 2.92. The molecule has 8 heteroatoms. The molecule has 6 nitrogen and oxygen atoms in total. The molecule has 0 N–H and O–H groups in total. The highest BCUT2D eigenvalue weighted by Crippen LogP contribution is 2.57.